The molecule has 5 nitrogen and oxygen atoms in total. The molecular formula is C15H26N2O3. The molecule has 2 fully saturated rings. The van der Waals surface area contributed by atoms with E-state index in [1.54, 1.807) is 4.90 Å². The lowest BCUT2D eigenvalue weighted by atomic mass is 10.2. The van der Waals surface area contributed by atoms with Crippen molar-refractivity contribution in [3.63, 3.8) is 0 Å². The van der Waals surface area contributed by atoms with E-state index in [2.05, 4.69) is 6.92 Å². The van der Waals surface area contributed by atoms with E-state index in [-0.39, 0.29) is 17.9 Å². The Labute approximate surface area is 121 Å². The van der Waals surface area contributed by atoms with Crippen molar-refractivity contribution in [3.8, 4) is 0 Å². The maximum atomic E-state index is 12.4. The molecule has 0 bridgehead atoms. The first-order valence-electron chi connectivity index (χ1n) is 7.90. The molecule has 2 aliphatic heterocycles. The predicted octanol–water partition coefficient (Wildman–Crippen LogP) is 1.42. The van der Waals surface area contributed by atoms with Crippen LogP contribution in [0.4, 0.5) is 0 Å². The standard InChI is InChI=1S/C15H26N2O3/c1-2-3-11-20-12-5-8-16-10-7-14(18)17-9-4-6-13(17)15(16)19/h13H,2-12H2,1H3. The Morgan fingerprint density at radius 1 is 1.20 bits per heavy atom. The molecular weight excluding hydrogens is 256 g/mol. The van der Waals surface area contributed by atoms with Crippen LogP contribution in [0, 0.1) is 0 Å². The Bertz CT molecular complexity index is 346. The Kier molecular flexibility index (Phi) is 5.83. The number of amides is 2. The van der Waals surface area contributed by atoms with Gasteiger partial charge in [0.05, 0.1) is 0 Å². The van der Waals surface area contributed by atoms with Gasteiger partial charge in [0.2, 0.25) is 11.8 Å². The number of carbonyl (C=O) groups excluding carboxylic acids is 2. The van der Waals surface area contributed by atoms with Crippen LogP contribution in [-0.4, -0.2) is 60.5 Å². The summed E-state index contributed by atoms with van der Waals surface area (Å²) >= 11 is 0. The number of unbranched alkanes of at least 4 members (excludes halogenated alkanes) is 1. The number of hydrogen-bond donors (Lipinski definition) is 0. The van der Waals surface area contributed by atoms with Crippen LogP contribution in [-0.2, 0) is 14.3 Å². The van der Waals surface area contributed by atoms with E-state index in [9.17, 15) is 9.59 Å². The quantitative estimate of drug-likeness (QED) is 0.664. The van der Waals surface area contributed by atoms with Gasteiger partial charge in [-0.05, 0) is 25.7 Å². The van der Waals surface area contributed by atoms with E-state index in [0.29, 0.717) is 26.1 Å². The highest BCUT2D eigenvalue weighted by Gasteiger charge is 2.38. The molecule has 114 valence electrons. The molecule has 0 N–H and O–H groups in total. The van der Waals surface area contributed by atoms with Crippen LogP contribution in [0.5, 0.6) is 0 Å². The van der Waals surface area contributed by atoms with Gasteiger partial charge in [0.15, 0.2) is 0 Å². The van der Waals surface area contributed by atoms with Gasteiger partial charge in [-0.15, -0.1) is 0 Å². The van der Waals surface area contributed by atoms with Crippen LogP contribution in [0.25, 0.3) is 0 Å². The highest BCUT2D eigenvalue weighted by atomic mass is 16.5. The van der Waals surface area contributed by atoms with Crippen LogP contribution in [0.15, 0.2) is 0 Å². The van der Waals surface area contributed by atoms with Gasteiger partial charge < -0.3 is 14.5 Å². The second-order valence-corrected chi connectivity index (χ2v) is 5.64. The van der Waals surface area contributed by atoms with Gasteiger partial charge in [-0.3, -0.25) is 9.59 Å². The van der Waals surface area contributed by atoms with Crippen LogP contribution < -0.4 is 0 Å². The average Bonchev–Trinajstić information content (AvgIpc) is 2.90. The fourth-order valence-electron chi connectivity index (χ4n) is 2.95. The molecule has 20 heavy (non-hydrogen) atoms. The summed E-state index contributed by atoms with van der Waals surface area (Å²) in [4.78, 5) is 28.0. The second kappa shape index (κ2) is 7.62. The summed E-state index contributed by atoms with van der Waals surface area (Å²) in [5.41, 5.74) is 0. The smallest absolute Gasteiger partial charge is 0.245 e. The third-order valence-electron chi connectivity index (χ3n) is 4.12. The van der Waals surface area contributed by atoms with E-state index in [0.717, 1.165) is 45.3 Å². The van der Waals surface area contributed by atoms with Crippen molar-refractivity contribution in [2.75, 3.05) is 32.8 Å². The van der Waals surface area contributed by atoms with Crippen molar-refractivity contribution >= 4 is 11.8 Å². The van der Waals surface area contributed by atoms with E-state index in [4.69, 9.17) is 4.74 Å². The van der Waals surface area contributed by atoms with Gasteiger partial charge in [-0.25, -0.2) is 0 Å². The van der Waals surface area contributed by atoms with Crippen LogP contribution in [0.3, 0.4) is 0 Å². The molecule has 0 spiro atoms. The summed E-state index contributed by atoms with van der Waals surface area (Å²) in [6, 6.07) is -0.189. The van der Waals surface area contributed by atoms with Crippen molar-refractivity contribution in [1.82, 2.24) is 9.80 Å². The number of carbonyl (C=O) groups is 2. The summed E-state index contributed by atoms with van der Waals surface area (Å²) in [6.45, 7) is 5.68. The number of ether oxygens (including phenoxy) is 1. The van der Waals surface area contributed by atoms with E-state index in [1.165, 1.54) is 0 Å². The van der Waals surface area contributed by atoms with Crippen molar-refractivity contribution in [1.29, 1.82) is 0 Å². The van der Waals surface area contributed by atoms with E-state index >= 15 is 0 Å². The lowest BCUT2D eigenvalue weighted by molar-refractivity contribution is -0.139. The van der Waals surface area contributed by atoms with Crippen molar-refractivity contribution in [2.45, 2.75) is 51.5 Å². The molecule has 0 aromatic heterocycles. The van der Waals surface area contributed by atoms with Crippen molar-refractivity contribution < 1.29 is 14.3 Å². The monoisotopic (exact) mass is 282 g/mol. The van der Waals surface area contributed by atoms with E-state index < -0.39 is 0 Å². The zero-order valence-electron chi connectivity index (χ0n) is 12.5. The van der Waals surface area contributed by atoms with Crippen LogP contribution in [0.2, 0.25) is 0 Å². The lowest BCUT2D eigenvalue weighted by Gasteiger charge is -2.25. The zero-order valence-corrected chi connectivity index (χ0v) is 12.5. The first kappa shape index (κ1) is 15.3. The molecule has 2 saturated heterocycles. The molecule has 0 radical (unpaired) electrons. The average molecular weight is 282 g/mol. The third kappa shape index (κ3) is 3.72. The zero-order chi connectivity index (χ0) is 14.4. The molecule has 2 rings (SSSR count). The molecule has 2 amide bonds. The summed E-state index contributed by atoms with van der Waals surface area (Å²) in [6.07, 6.45) is 5.35. The molecule has 2 aliphatic rings. The second-order valence-electron chi connectivity index (χ2n) is 5.64. The van der Waals surface area contributed by atoms with Gasteiger partial charge in [0.25, 0.3) is 0 Å². The van der Waals surface area contributed by atoms with Gasteiger partial charge in [-0.2, -0.15) is 0 Å². The molecule has 2 heterocycles. The SMILES string of the molecule is CCCCOCCCN1CCC(=O)N2CCCC2C1=O. The number of hydrogen-bond acceptors (Lipinski definition) is 3. The highest BCUT2D eigenvalue weighted by molar-refractivity contribution is 5.90. The summed E-state index contributed by atoms with van der Waals surface area (Å²) in [5, 5.41) is 0. The Morgan fingerprint density at radius 2 is 2.00 bits per heavy atom. The fraction of sp³-hybridized carbons (Fsp3) is 0.867. The van der Waals surface area contributed by atoms with Crippen LogP contribution >= 0.6 is 0 Å². The van der Waals surface area contributed by atoms with Gasteiger partial charge in [0, 0.05) is 39.3 Å². The molecule has 5 heteroatoms. The normalized spacial score (nSPS) is 23.1. The van der Waals surface area contributed by atoms with E-state index in [1.807, 2.05) is 4.90 Å². The molecule has 0 saturated carbocycles. The molecule has 0 aromatic rings. The molecule has 1 unspecified atom stereocenters. The minimum Gasteiger partial charge on any atom is -0.381 e. The third-order valence-corrected chi connectivity index (χ3v) is 4.12. The Morgan fingerprint density at radius 3 is 2.80 bits per heavy atom. The molecule has 0 aliphatic carbocycles. The molecule has 0 aromatic carbocycles. The number of nitrogens with zero attached hydrogens (tertiary/aromatic N) is 2. The number of rotatable bonds is 7. The van der Waals surface area contributed by atoms with Crippen LogP contribution in [0.1, 0.15) is 45.4 Å². The molecule has 1 atom stereocenters. The largest absolute Gasteiger partial charge is 0.381 e. The van der Waals surface area contributed by atoms with Gasteiger partial charge in [0.1, 0.15) is 6.04 Å². The van der Waals surface area contributed by atoms with Gasteiger partial charge in [-0.1, -0.05) is 13.3 Å². The predicted molar refractivity (Wildman–Crippen MR) is 76.3 cm³/mol. The summed E-state index contributed by atoms with van der Waals surface area (Å²) in [5.74, 6) is 0.282. The Hall–Kier alpha value is -1.10. The summed E-state index contributed by atoms with van der Waals surface area (Å²) < 4.78 is 5.52. The first-order valence-corrected chi connectivity index (χ1v) is 7.90. The van der Waals surface area contributed by atoms with Gasteiger partial charge >= 0.3 is 0 Å². The Balaban J connectivity index is 1.76. The maximum Gasteiger partial charge on any atom is 0.245 e. The van der Waals surface area contributed by atoms with Crippen molar-refractivity contribution in [2.24, 2.45) is 0 Å². The fourth-order valence-corrected chi connectivity index (χ4v) is 2.95. The summed E-state index contributed by atoms with van der Waals surface area (Å²) in [7, 11) is 0. The minimum absolute atomic E-state index is 0.141. The highest BCUT2D eigenvalue weighted by Crippen LogP contribution is 2.23. The number of fused-ring (bicyclic) bond motifs is 1. The van der Waals surface area contributed by atoms with Crippen molar-refractivity contribution in [3.05, 3.63) is 0 Å². The lowest BCUT2D eigenvalue weighted by Crippen LogP contribution is -2.44. The maximum absolute atomic E-state index is 12.4. The first-order chi connectivity index (χ1) is 9.74. The minimum atomic E-state index is -0.189. The topological polar surface area (TPSA) is 49.9 Å².